The number of anilines is 1. The zero-order valence-corrected chi connectivity index (χ0v) is 10.8. The Hall–Kier alpha value is -0.800. The Labute approximate surface area is 106 Å². The van der Waals surface area contributed by atoms with Gasteiger partial charge in [-0.25, -0.2) is 0 Å². The first-order chi connectivity index (χ1) is 7.50. The molecule has 86 valence electrons. The Morgan fingerprint density at radius 2 is 2.25 bits per heavy atom. The van der Waals surface area contributed by atoms with Crippen molar-refractivity contribution in [3.8, 4) is 0 Å². The van der Waals surface area contributed by atoms with Crippen LogP contribution in [0.3, 0.4) is 0 Å². The Balaban J connectivity index is 2.07. The average Bonchev–Trinajstić information content (AvgIpc) is 2.95. The molecule has 2 rings (SSSR count). The third-order valence-corrected chi connectivity index (χ3v) is 3.61. The van der Waals surface area contributed by atoms with E-state index in [0.29, 0.717) is 15.4 Å². The van der Waals surface area contributed by atoms with E-state index in [1.54, 1.807) is 6.07 Å². The largest absolute Gasteiger partial charge is 0.389 e. The molecule has 0 spiro atoms. The lowest BCUT2D eigenvalue weighted by Crippen LogP contribution is -2.13. The molecule has 0 atom stereocenters. The van der Waals surface area contributed by atoms with E-state index in [2.05, 4.69) is 12.2 Å². The fourth-order valence-electron chi connectivity index (χ4n) is 1.51. The fourth-order valence-corrected chi connectivity index (χ4v) is 1.88. The molecule has 1 aromatic carbocycles. The molecule has 16 heavy (non-hydrogen) atoms. The topological polar surface area (TPSA) is 38.0 Å². The van der Waals surface area contributed by atoms with E-state index in [9.17, 15) is 0 Å². The normalized spacial score (nSPS) is 16.9. The van der Waals surface area contributed by atoms with Gasteiger partial charge in [-0.1, -0.05) is 30.7 Å². The molecule has 0 unspecified atom stereocenters. The highest BCUT2D eigenvalue weighted by atomic mass is 35.5. The highest BCUT2D eigenvalue weighted by molar-refractivity contribution is 7.80. The first-order valence-corrected chi connectivity index (χ1v) is 6.12. The molecular formula is C12H15ClN2S. The van der Waals surface area contributed by atoms with Crippen molar-refractivity contribution in [3.63, 3.8) is 0 Å². The predicted octanol–water partition coefficient (Wildman–Crippen LogP) is 3.19. The minimum absolute atomic E-state index is 0.377. The summed E-state index contributed by atoms with van der Waals surface area (Å²) >= 11 is 11.0. The van der Waals surface area contributed by atoms with Gasteiger partial charge in [-0.15, -0.1) is 0 Å². The Kier molecular flexibility index (Phi) is 3.08. The van der Waals surface area contributed by atoms with Gasteiger partial charge < -0.3 is 11.1 Å². The lowest BCUT2D eigenvalue weighted by atomic mass is 10.1. The van der Waals surface area contributed by atoms with Gasteiger partial charge in [0.15, 0.2) is 0 Å². The van der Waals surface area contributed by atoms with Crippen molar-refractivity contribution in [1.82, 2.24) is 0 Å². The molecule has 3 N–H and O–H groups in total. The van der Waals surface area contributed by atoms with Gasteiger partial charge in [0.25, 0.3) is 0 Å². The van der Waals surface area contributed by atoms with E-state index >= 15 is 0 Å². The van der Waals surface area contributed by atoms with Gasteiger partial charge in [0.1, 0.15) is 4.99 Å². The summed E-state index contributed by atoms with van der Waals surface area (Å²) in [7, 11) is 0. The van der Waals surface area contributed by atoms with Gasteiger partial charge in [-0.2, -0.15) is 0 Å². The van der Waals surface area contributed by atoms with Crippen molar-refractivity contribution >= 4 is 34.5 Å². The van der Waals surface area contributed by atoms with Crippen LogP contribution in [-0.4, -0.2) is 11.5 Å². The minimum atomic E-state index is 0.377. The highest BCUT2D eigenvalue weighted by Crippen LogP contribution is 2.45. The molecule has 0 bridgehead atoms. The van der Waals surface area contributed by atoms with Crippen LogP contribution >= 0.6 is 23.8 Å². The minimum Gasteiger partial charge on any atom is -0.389 e. The van der Waals surface area contributed by atoms with Crippen LogP contribution in [0.1, 0.15) is 25.3 Å². The maximum Gasteiger partial charge on any atom is 0.104 e. The molecule has 4 heteroatoms. The number of halogens is 1. The van der Waals surface area contributed by atoms with E-state index in [1.165, 1.54) is 12.8 Å². The third kappa shape index (κ3) is 2.66. The van der Waals surface area contributed by atoms with Crippen molar-refractivity contribution in [3.05, 3.63) is 28.8 Å². The zero-order chi connectivity index (χ0) is 11.8. The second-order valence-electron chi connectivity index (χ2n) is 4.72. The smallest absolute Gasteiger partial charge is 0.104 e. The first-order valence-electron chi connectivity index (χ1n) is 5.33. The number of nitrogens with two attached hydrogens (primary N) is 1. The van der Waals surface area contributed by atoms with Crippen LogP contribution in [0.25, 0.3) is 0 Å². The molecule has 1 aromatic rings. The molecule has 0 heterocycles. The third-order valence-electron chi connectivity index (χ3n) is 3.06. The monoisotopic (exact) mass is 254 g/mol. The molecule has 1 aliphatic carbocycles. The van der Waals surface area contributed by atoms with Gasteiger partial charge in [0.05, 0.1) is 10.7 Å². The van der Waals surface area contributed by atoms with Crippen molar-refractivity contribution in [2.24, 2.45) is 11.1 Å². The van der Waals surface area contributed by atoms with Crippen molar-refractivity contribution < 1.29 is 0 Å². The highest BCUT2D eigenvalue weighted by Gasteiger charge is 2.36. The summed E-state index contributed by atoms with van der Waals surface area (Å²) in [5, 5.41) is 4.04. The van der Waals surface area contributed by atoms with Crippen LogP contribution in [0.4, 0.5) is 5.69 Å². The van der Waals surface area contributed by atoms with Crippen LogP contribution in [0, 0.1) is 5.41 Å². The van der Waals surface area contributed by atoms with Gasteiger partial charge in [0, 0.05) is 12.1 Å². The van der Waals surface area contributed by atoms with Crippen molar-refractivity contribution in [2.75, 3.05) is 11.9 Å². The lowest BCUT2D eigenvalue weighted by molar-refractivity contribution is 0.611. The quantitative estimate of drug-likeness (QED) is 0.811. The van der Waals surface area contributed by atoms with E-state index < -0.39 is 0 Å². The maximum atomic E-state index is 6.15. The average molecular weight is 255 g/mol. The Morgan fingerprint density at radius 1 is 1.56 bits per heavy atom. The molecule has 1 fully saturated rings. The summed E-state index contributed by atoms with van der Waals surface area (Å²) in [4.78, 5) is 0.377. The van der Waals surface area contributed by atoms with Crippen molar-refractivity contribution in [1.29, 1.82) is 0 Å². The van der Waals surface area contributed by atoms with Crippen LogP contribution in [0.15, 0.2) is 18.2 Å². The number of thiocarbonyl (C=S) groups is 1. The summed E-state index contributed by atoms with van der Waals surface area (Å²) in [5.74, 6) is 0. The fraction of sp³-hybridized carbons (Fsp3) is 0.417. The van der Waals surface area contributed by atoms with E-state index in [0.717, 1.165) is 17.8 Å². The first kappa shape index (κ1) is 11.7. The lowest BCUT2D eigenvalue weighted by Gasteiger charge is -2.13. The van der Waals surface area contributed by atoms with Crippen LogP contribution in [0.5, 0.6) is 0 Å². The van der Waals surface area contributed by atoms with E-state index in [1.807, 2.05) is 12.1 Å². The number of hydrogen-bond acceptors (Lipinski definition) is 2. The van der Waals surface area contributed by atoms with Crippen molar-refractivity contribution in [2.45, 2.75) is 19.8 Å². The summed E-state index contributed by atoms with van der Waals surface area (Å²) in [6.45, 7) is 3.25. The predicted molar refractivity (Wildman–Crippen MR) is 73.2 cm³/mol. The number of rotatable bonds is 4. The molecule has 0 aliphatic heterocycles. The molecule has 0 amide bonds. The summed E-state index contributed by atoms with van der Waals surface area (Å²) in [6, 6.07) is 5.63. The second-order valence-corrected chi connectivity index (χ2v) is 5.57. The molecule has 1 aliphatic rings. The SMILES string of the molecule is CC1(CNc2ccc(C(N)=S)cc2Cl)CC1. The van der Waals surface area contributed by atoms with Crippen LogP contribution < -0.4 is 11.1 Å². The standard InChI is InChI=1S/C12H15ClN2S/c1-12(4-5-12)7-15-10-3-2-8(11(14)16)6-9(10)13/h2-3,6,15H,4-5,7H2,1H3,(H2,14,16). The summed E-state index contributed by atoms with van der Waals surface area (Å²) in [6.07, 6.45) is 2.59. The van der Waals surface area contributed by atoms with Gasteiger partial charge in [-0.05, 0) is 36.5 Å². The Bertz CT molecular complexity index is 427. The van der Waals surface area contributed by atoms with E-state index in [-0.39, 0.29) is 0 Å². The maximum absolute atomic E-state index is 6.15. The second kappa shape index (κ2) is 4.22. The number of nitrogens with one attached hydrogen (secondary N) is 1. The summed E-state index contributed by atoms with van der Waals surface area (Å²) < 4.78 is 0. The van der Waals surface area contributed by atoms with Gasteiger partial charge in [0.2, 0.25) is 0 Å². The number of hydrogen-bond donors (Lipinski definition) is 2. The summed E-state index contributed by atoms with van der Waals surface area (Å²) in [5.41, 5.74) is 7.76. The molecule has 0 aromatic heterocycles. The molecular weight excluding hydrogens is 240 g/mol. The molecule has 0 radical (unpaired) electrons. The van der Waals surface area contributed by atoms with Gasteiger partial charge >= 0.3 is 0 Å². The van der Waals surface area contributed by atoms with Crippen LogP contribution in [0.2, 0.25) is 5.02 Å². The van der Waals surface area contributed by atoms with E-state index in [4.69, 9.17) is 29.6 Å². The zero-order valence-electron chi connectivity index (χ0n) is 9.22. The number of benzene rings is 1. The molecule has 1 saturated carbocycles. The Morgan fingerprint density at radius 3 is 2.75 bits per heavy atom. The van der Waals surface area contributed by atoms with Gasteiger partial charge in [-0.3, -0.25) is 0 Å². The molecule has 2 nitrogen and oxygen atoms in total. The molecule has 0 saturated heterocycles. The van der Waals surface area contributed by atoms with Crippen LogP contribution in [-0.2, 0) is 0 Å².